The first-order valence-corrected chi connectivity index (χ1v) is 9.09. The van der Waals surface area contributed by atoms with Gasteiger partial charge in [0.25, 0.3) is 0 Å². The van der Waals surface area contributed by atoms with Crippen LogP contribution in [0, 0.1) is 11.3 Å². The summed E-state index contributed by atoms with van der Waals surface area (Å²) in [6.45, 7) is 5.79. The molecule has 2 fully saturated rings. The standard InChI is InChI=1S/C17H25N3O2S/c1-13-8-19(9-14-4-7-23-11-14)12-17(13)5-6-20(16(17)22)10-15(21)18(2)3/h4,7,11,13H,5-6,8-10,12H2,1-3H3/t13-,17+/m1/s1. The van der Waals surface area contributed by atoms with Gasteiger partial charge in [-0.25, -0.2) is 0 Å². The van der Waals surface area contributed by atoms with Gasteiger partial charge < -0.3 is 9.80 Å². The second kappa shape index (κ2) is 6.24. The zero-order valence-electron chi connectivity index (χ0n) is 14.1. The molecule has 0 saturated carbocycles. The van der Waals surface area contributed by atoms with Gasteiger partial charge in [-0.05, 0) is 34.7 Å². The van der Waals surface area contributed by atoms with Crippen LogP contribution < -0.4 is 0 Å². The lowest BCUT2D eigenvalue weighted by molar-refractivity contribution is -0.142. The Morgan fingerprint density at radius 2 is 2.26 bits per heavy atom. The van der Waals surface area contributed by atoms with Gasteiger partial charge in [0, 0.05) is 40.3 Å². The number of amides is 2. The maximum atomic E-state index is 13.0. The van der Waals surface area contributed by atoms with E-state index in [-0.39, 0.29) is 23.8 Å². The van der Waals surface area contributed by atoms with E-state index in [2.05, 4.69) is 28.7 Å². The summed E-state index contributed by atoms with van der Waals surface area (Å²) in [7, 11) is 3.47. The summed E-state index contributed by atoms with van der Waals surface area (Å²) < 4.78 is 0. The lowest BCUT2D eigenvalue weighted by Crippen LogP contribution is -2.43. The van der Waals surface area contributed by atoms with Crippen LogP contribution in [0.2, 0.25) is 0 Å². The molecule has 0 bridgehead atoms. The van der Waals surface area contributed by atoms with E-state index in [1.54, 1.807) is 35.2 Å². The predicted molar refractivity (Wildman–Crippen MR) is 91.1 cm³/mol. The first-order chi connectivity index (χ1) is 10.9. The van der Waals surface area contributed by atoms with E-state index in [9.17, 15) is 9.59 Å². The number of likely N-dealkylation sites (N-methyl/N-ethyl adjacent to an activating group) is 1. The van der Waals surface area contributed by atoms with Gasteiger partial charge in [0.15, 0.2) is 0 Å². The Morgan fingerprint density at radius 1 is 1.48 bits per heavy atom. The lowest BCUT2D eigenvalue weighted by Gasteiger charge is -2.27. The fourth-order valence-electron chi connectivity index (χ4n) is 3.86. The molecular weight excluding hydrogens is 310 g/mol. The Morgan fingerprint density at radius 3 is 2.91 bits per heavy atom. The maximum absolute atomic E-state index is 13.0. The smallest absolute Gasteiger partial charge is 0.241 e. The van der Waals surface area contributed by atoms with Crippen LogP contribution in [0.3, 0.4) is 0 Å². The van der Waals surface area contributed by atoms with Crippen molar-refractivity contribution in [2.75, 3.05) is 40.3 Å². The van der Waals surface area contributed by atoms with Crippen LogP contribution in [0.1, 0.15) is 18.9 Å². The van der Waals surface area contributed by atoms with E-state index >= 15 is 0 Å². The highest BCUT2D eigenvalue weighted by molar-refractivity contribution is 7.07. The van der Waals surface area contributed by atoms with Crippen LogP contribution in [0.4, 0.5) is 0 Å². The highest BCUT2D eigenvalue weighted by Gasteiger charge is 2.55. The molecule has 6 heteroatoms. The van der Waals surface area contributed by atoms with Crippen molar-refractivity contribution in [1.29, 1.82) is 0 Å². The summed E-state index contributed by atoms with van der Waals surface area (Å²) in [4.78, 5) is 30.6. The van der Waals surface area contributed by atoms with Crippen LogP contribution in [0.5, 0.6) is 0 Å². The third-order valence-corrected chi connectivity index (χ3v) is 6.07. The Kier molecular flexibility index (Phi) is 4.47. The highest BCUT2D eigenvalue weighted by atomic mass is 32.1. The zero-order valence-corrected chi connectivity index (χ0v) is 14.9. The Bertz CT molecular complexity index is 587. The summed E-state index contributed by atoms with van der Waals surface area (Å²) in [6, 6.07) is 2.15. The Balaban J connectivity index is 1.67. The molecule has 0 N–H and O–H groups in total. The number of hydrogen-bond donors (Lipinski definition) is 0. The minimum Gasteiger partial charge on any atom is -0.347 e. The lowest BCUT2D eigenvalue weighted by atomic mass is 9.78. The summed E-state index contributed by atoms with van der Waals surface area (Å²) >= 11 is 1.71. The molecule has 2 amide bonds. The molecule has 0 radical (unpaired) electrons. The SMILES string of the molecule is C[C@@H]1CN(Cc2ccsc2)C[C@@]12CCN(CC(=O)N(C)C)C2=O. The number of hydrogen-bond acceptors (Lipinski definition) is 4. The quantitative estimate of drug-likeness (QED) is 0.838. The molecule has 0 aromatic carbocycles. The molecule has 1 aromatic rings. The molecule has 2 aliphatic heterocycles. The van der Waals surface area contributed by atoms with E-state index < -0.39 is 0 Å². The van der Waals surface area contributed by atoms with E-state index in [1.807, 2.05) is 0 Å². The molecule has 126 valence electrons. The van der Waals surface area contributed by atoms with Gasteiger partial charge in [0.05, 0.1) is 12.0 Å². The van der Waals surface area contributed by atoms with Crippen molar-refractivity contribution in [3.63, 3.8) is 0 Å². The summed E-state index contributed by atoms with van der Waals surface area (Å²) in [5.41, 5.74) is 1.03. The number of thiophene rings is 1. The van der Waals surface area contributed by atoms with Crippen molar-refractivity contribution in [3.8, 4) is 0 Å². The van der Waals surface area contributed by atoms with E-state index in [0.717, 1.165) is 26.1 Å². The third-order valence-electron chi connectivity index (χ3n) is 5.33. The van der Waals surface area contributed by atoms with Crippen molar-refractivity contribution in [2.24, 2.45) is 11.3 Å². The van der Waals surface area contributed by atoms with Gasteiger partial charge in [-0.3, -0.25) is 14.5 Å². The second-order valence-corrected chi connectivity index (χ2v) is 7.90. The van der Waals surface area contributed by atoms with E-state index in [0.29, 0.717) is 12.5 Å². The minimum absolute atomic E-state index is 0.00354. The Hall–Kier alpha value is -1.40. The summed E-state index contributed by atoms with van der Waals surface area (Å²) in [5.74, 6) is 0.511. The number of carbonyl (C=O) groups is 2. The third kappa shape index (κ3) is 3.02. The van der Waals surface area contributed by atoms with Crippen molar-refractivity contribution >= 4 is 23.2 Å². The summed E-state index contributed by atoms with van der Waals surface area (Å²) in [5, 5.41) is 4.27. The summed E-state index contributed by atoms with van der Waals surface area (Å²) in [6.07, 6.45) is 0.869. The average molecular weight is 335 g/mol. The molecule has 2 atom stereocenters. The van der Waals surface area contributed by atoms with Gasteiger partial charge in [0.1, 0.15) is 0 Å². The van der Waals surface area contributed by atoms with Crippen molar-refractivity contribution < 1.29 is 9.59 Å². The molecule has 2 aliphatic rings. The van der Waals surface area contributed by atoms with Crippen LogP contribution in [-0.4, -0.2) is 66.8 Å². The zero-order chi connectivity index (χ0) is 16.6. The van der Waals surface area contributed by atoms with Crippen LogP contribution in [0.25, 0.3) is 0 Å². The van der Waals surface area contributed by atoms with E-state index in [1.165, 1.54) is 5.56 Å². The molecule has 2 saturated heterocycles. The maximum Gasteiger partial charge on any atom is 0.241 e. The van der Waals surface area contributed by atoms with Gasteiger partial charge in [-0.15, -0.1) is 0 Å². The largest absolute Gasteiger partial charge is 0.347 e. The van der Waals surface area contributed by atoms with Gasteiger partial charge in [0.2, 0.25) is 11.8 Å². The number of carbonyl (C=O) groups excluding carboxylic acids is 2. The normalized spacial score (nSPS) is 28.0. The Labute approximate surface area is 141 Å². The number of nitrogens with zero attached hydrogens (tertiary/aromatic N) is 3. The van der Waals surface area contributed by atoms with Crippen molar-refractivity contribution in [1.82, 2.24) is 14.7 Å². The molecule has 1 aromatic heterocycles. The van der Waals surface area contributed by atoms with Gasteiger partial charge in [-0.2, -0.15) is 11.3 Å². The topological polar surface area (TPSA) is 43.9 Å². The number of rotatable bonds is 4. The molecular formula is C17H25N3O2S. The predicted octanol–water partition coefficient (Wildman–Crippen LogP) is 1.51. The monoisotopic (exact) mass is 335 g/mol. The molecule has 0 unspecified atom stereocenters. The molecule has 23 heavy (non-hydrogen) atoms. The number of likely N-dealkylation sites (tertiary alicyclic amines) is 2. The second-order valence-electron chi connectivity index (χ2n) is 7.12. The van der Waals surface area contributed by atoms with Gasteiger partial charge in [-0.1, -0.05) is 6.92 Å². The fourth-order valence-corrected chi connectivity index (χ4v) is 4.52. The van der Waals surface area contributed by atoms with Crippen LogP contribution in [-0.2, 0) is 16.1 Å². The highest BCUT2D eigenvalue weighted by Crippen LogP contribution is 2.45. The first-order valence-electron chi connectivity index (χ1n) is 8.15. The molecule has 1 spiro atoms. The van der Waals surface area contributed by atoms with E-state index in [4.69, 9.17) is 0 Å². The first kappa shape index (κ1) is 16.5. The minimum atomic E-state index is -0.289. The van der Waals surface area contributed by atoms with Crippen molar-refractivity contribution in [3.05, 3.63) is 22.4 Å². The molecule has 0 aliphatic carbocycles. The molecule has 3 heterocycles. The molecule has 3 rings (SSSR count). The van der Waals surface area contributed by atoms with Crippen LogP contribution in [0.15, 0.2) is 16.8 Å². The fraction of sp³-hybridized carbons (Fsp3) is 0.647. The molecule has 5 nitrogen and oxygen atoms in total. The van der Waals surface area contributed by atoms with Crippen LogP contribution >= 0.6 is 11.3 Å². The van der Waals surface area contributed by atoms with Crippen molar-refractivity contribution in [2.45, 2.75) is 19.9 Å². The van der Waals surface area contributed by atoms with Gasteiger partial charge >= 0.3 is 0 Å². The average Bonchev–Trinajstić information content (AvgIpc) is 3.18.